The van der Waals surface area contributed by atoms with Crippen LogP contribution in [0.5, 0.6) is 0 Å². The van der Waals surface area contributed by atoms with Gasteiger partial charge in [-0.1, -0.05) is 38.8 Å². The molecule has 1 saturated carbocycles. The van der Waals surface area contributed by atoms with Gasteiger partial charge in [0, 0.05) is 11.4 Å². The summed E-state index contributed by atoms with van der Waals surface area (Å²) in [6, 6.07) is 0. The molecule has 0 aliphatic heterocycles. The third-order valence-electron chi connectivity index (χ3n) is 1.71. The van der Waals surface area contributed by atoms with Gasteiger partial charge in [-0.15, -0.1) is 0 Å². The molecule has 1 fully saturated rings. The molecule has 0 aromatic carbocycles. The van der Waals surface area contributed by atoms with Gasteiger partial charge in [-0.2, -0.15) is 0 Å². The van der Waals surface area contributed by atoms with E-state index in [2.05, 4.69) is 31.9 Å². The molecule has 0 N–H and O–H groups in total. The average Bonchev–Trinajstić information content (AvgIpc) is 2.08. The molecule has 0 unspecified atom stereocenters. The lowest BCUT2D eigenvalue weighted by Gasteiger charge is -2.12. The average molecular weight is 257 g/mol. The minimum absolute atomic E-state index is 0.411. The van der Waals surface area contributed by atoms with Crippen molar-refractivity contribution in [3.8, 4) is 0 Å². The Morgan fingerprint density at radius 3 is 2.00 bits per heavy atom. The smallest absolute Gasteiger partial charge is 0.0921 e. The van der Waals surface area contributed by atoms with Gasteiger partial charge in [-0.05, 0) is 6.42 Å². The van der Waals surface area contributed by atoms with Gasteiger partial charge in [-0.25, -0.2) is 0 Å². The van der Waals surface area contributed by atoms with E-state index in [0.29, 0.717) is 6.42 Å². The molecule has 0 bridgehead atoms. The fourth-order valence-corrected chi connectivity index (χ4v) is 2.07. The Bertz CT molecular complexity index is 166. The maximum atomic E-state index is 10.3. The van der Waals surface area contributed by atoms with Crippen LogP contribution < -0.4 is 5.11 Å². The van der Waals surface area contributed by atoms with Crippen LogP contribution in [0.25, 0.3) is 0 Å². The molecule has 0 spiro atoms. The van der Waals surface area contributed by atoms with Crippen LogP contribution >= 0.6 is 31.9 Å². The molecule has 52 valence electrons. The SMILES string of the molecule is C[C@@]1(C(=O)[O-])CC1(Br)Br. The summed E-state index contributed by atoms with van der Waals surface area (Å²) in [4.78, 5) is 10.3. The first-order chi connectivity index (χ1) is 3.90. The number of carbonyl (C=O) groups is 1. The molecule has 0 aromatic heterocycles. The van der Waals surface area contributed by atoms with Crippen LogP contribution in [0, 0.1) is 5.41 Å². The minimum atomic E-state index is -1.00. The minimum Gasteiger partial charge on any atom is -0.549 e. The van der Waals surface area contributed by atoms with Gasteiger partial charge in [0.15, 0.2) is 0 Å². The highest BCUT2D eigenvalue weighted by Crippen LogP contribution is 2.65. The topological polar surface area (TPSA) is 40.1 Å². The Balaban J connectivity index is 2.74. The monoisotopic (exact) mass is 255 g/mol. The first kappa shape index (κ1) is 7.54. The van der Waals surface area contributed by atoms with Crippen molar-refractivity contribution >= 4 is 37.8 Å². The molecule has 1 aliphatic rings. The van der Waals surface area contributed by atoms with Crippen molar-refractivity contribution in [3.05, 3.63) is 0 Å². The number of hydrogen-bond acceptors (Lipinski definition) is 2. The Morgan fingerprint density at radius 2 is 2.00 bits per heavy atom. The molecule has 0 aromatic rings. The van der Waals surface area contributed by atoms with E-state index in [0.717, 1.165) is 0 Å². The summed E-state index contributed by atoms with van der Waals surface area (Å²) < 4.78 is -0.411. The summed E-state index contributed by atoms with van der Waals surface area (Å²) in [5, 5.41) is 10.3. The summed E-state index contributed by atoms with van der Waals surface area (Å²) in [6.45, 7) is 1.64. The van der Waals surface area contributed by atoms with Crippen LogP contribution in [0.2, 0.25) is 0 Å². The predicted octanol–water partition coefficient (Wildman–Crippen LogP) is 0.632. The van der Waals surface area contributed by atoms with E-state index in [1.165, 1.54) is 0 Å². The maximum absolute atomic E-state index is 10.3. The van der Waals surface area contributed by atoms with Crippen molar-refractivity contribution in [2.24, 2.45) is 5.41 Å². The maximum Gasteiger partial charge on any atom is 0.0921 e. The second-order valence-electron chi connectivity index (χ2n) is 2.50. The van der Waals surface area contributed by atoms with Gasteiger partial charge >= 0.3 is 0 Å². The Kier molecular flexibility index (Phi) is 1.44. The molecule has 9 heavy (non-hydrogen) atoms. The molecular weight excluding hydrogens is 252 g/mol. The molecular formula is C5H5Br2O2-. The number of carbonyl (C=O) groups excluding carboxylic acids is 1. The molecule has 2 nitrogen and oxygen atoms in total. The first-order valence-corrected chi connectivity index (χ1v) is 4.08. The van der Waals surface area contributed by atoms with E-state index < -0.39 is 14.6 Å². The van der Waals surface area contributed by atoms with Gasteiger partial charge in [0.1, 0.15) is 0 Å². The Hall–Kier alpha value is 0.430. The van der Waals surface area contributed by atoms with Crippen molar-refractivity contribution in [3.63, 3.8) is 0 Å². The van der Waals surface area contributed by atoms with E-state index >= 15 is 0 Å². The number of carboxylic acids is 1. The highest BCUT2D eigenvalue weighted by Gasteiger charge is 2.62. The zero-order valence-corrected chi connectivity index (χ0v) is 7.95. The second-order valence-corrected chi connectivity index (χ2v) is 6.27. The molecule has 1 atom stereocenters. The van der Waals surface area contributed by atoms with Crippen LogP contribution in [0.3, 0.4) is 0 Å². The Labute approximate surface area is 69.9 Å². The summed E-state index contributed by atoms with van der Waals surface area (Å²) >= 11 is 6.41. The van der Waals surface area contributed by atoms with Crippen LogP contribution in [0.1, 0.15) is 13.3 Å². The van der Waals surface area contributed by atoms with Gasteiger partial charge in [0.2, 0.25) is 0 Å². The predicted molar refractivity (Wildman–Crippen MR) is 38.3 cm³/mol. The second kappa shape index (κ2) is 1.72. The molecule has 1 rings (SSSR count). The lowest BCUT2D eigenvalue weighted by molar-refractivity contribution is -0.312. The standard InChI is InChI=1S/C5H6Br2O2/c1-4(3(8)9)2-5(4,6)7/h2H2,1H3,(H,8,9)/p-1/t4-/m0/s1. The van der Waals surface area contributed by atoms with E-state index in [1.807, 2.05) is 0 Å². The number of rotatable bonds is 1. The van der Waals surface area contributed by atoms with Gasteiger partial charge in [-0.3, -0.25) is 0 Å². The molecule has 0 radical (unpaired) electrons. The molecule has 0 amide bonds. The number of hydrogen-bond donors (Lipinski definition) is 0. The highest BCUT2D eigenvalue weighted by atomic mass is 79.9. The molecule has 0 saturated heterocycles. The fourth-order valence-electron chi connectivity index (χ4n) is 0.621. The first-order valence-electron chi connectivity index (χ1n) is 2.49. The van der Waals surface area contributed by atoms with E-state index in [1.54, 1.807) is 6.92 Å². The number of carboxylic acid groups (broad SMARTS) is 1. The van der Waals surface area contributed by atoms with Gasteiger partial charge in [0.05, 0.1) is 3.23 Å². The van der Waals surface area contributed by atoms with Crippen molar-refractivity contribution in [2.45, 2.75) is 16.6 Å². The van der Waals surface area contributed by atoms with Crippen LogP contribution in [-0.2, 0) is 4.79 Å². The Morgan fingerprint density at radius 1 is 1.67 bits per heavy atom. The quantitative estimate of drug-likeness (QED) is 0.646. The van der Waals surface area contributed by atoms with Crippen molar-refractivity contribution in [1.29, 1.82) is 0 Å². The number of aliphatic carboxylic acids is 1. The van der Waals surface area contributed by atoms with E-state index in [-0.39, 0.29) is 0 Å². The summed E-state index contributed by atoms with van der Waals surface area (Å²) in [7, 11) is 0. The normalized spacial score (nSPS) is 38.1. The van der Waals surface area contributed by atoms with Crippen LogP contribution in [0.15, 0.2) is 0 Å². The molecule has 0 heterocycles. The molecule has 1 aliphatic carbocycles. The largest absolute Gasteiger partial charge is 0.549 e. The van der Waals surface area contributed by atoms with E-state index in [9.17, 15) is 9.90 Å². The van der Waals surface area contributed by atoms with Gasteiger partial charge in [0.25, 0.3) is 0 Å². The third kappa shape index (κ3) is 0.923. The zero-order chi connectivity index (χ0) is 7.28. The number of halogens is 2. The molecule has 4 heteroatoms. The summed E-state index contributed by atoms with van der Waals surface area (Å²) in [6.07, 6.45) is 0.586. The van der Waals surface area contributed by atoms with Crippen molar-refractivity contribution in [1.82, 2.24) is 0 Å². The van der Waals surface area contributed by atoms with Crippen LogP contribution in [0.4, 0.5) is 0 Å². The van der Waals surface area contributed by atoms with E-state index in [4.69, 9.17) is 0 Å². The zero-order valence-electron chi connectivity index (χ0n) is 4.78. The fraction of sp³-hybridized carbons (Fsp3) is 0.800. The lowest BCUT2D eigenvalue weighted by atomic mass is 10.2. The van der Waals surface area contributed by atoms with Gasteiger partial charge < -0.3 is 9.90 Å². The van der Waals surface area contributed by atoms with Crippen LogP contribution in [-0.4, -0.2) is 9.20 Å². The van der Waals surface area contributed by atoms with Crippen molar-refractivity contribution in [2.75, 3.05) is 0 Å². The van der Waals surface area contributed by atoms with Crippen molar-refractivity contribution < 1.29 is 9.90 Å². The third-order valence-corrected chi connectivity index (χ3v) is 4.02. The number of alkyl halides is 2. The highest BCUT2D eigenvalue weighted by molar-refractivity contribution is 9.25. The lowest BCUT2D eigenvalue weighted by Crippen LogP contribution is -2.33. The summed E-state index contributed by atoms with van der Waals surface area (Å²) in [5.41, 5.74) is -0.715. The summed E-state index contributed by atoms with van der Waals surface area (Å²) in [5.74, 6) is -1.00.